The Hall–Kier alpha value is -3.38. The Bertz CT molecular complexity index is 1270. The fourth-order valence-electron chi connectivity index (χ4n) is 3.41. The summed E-state index contributed by atoms with van der Waals surface area (Å²) >= 11 is 1.25. The first-order chi connectivity index (χ1) is 14.0. The molecule has 5 nitrogen and oxygen atoms in total. The lowest BCUT2D eigenvalue weighted by Gasteiger charge is -2.09. The van der Waals surface area contributed by atoms with E-state index in [9.17, 15) is 9.59 Å². The van der Waals surface area contributed by atoms with Crippen molar-refractivity contribution in [3.05, 3.63) is 87.7 Å². The van der Waals surface area contributed by atoms with Crippen LogP contribution in [0.5, 0.6) is 5.75 Å². The normalized spacial score (nSPS) is 11.0. The van der Waals surface area contributed by atoms with Crippen molar-refractivity contribution in [3.8, 4) is 11.4 Å². The zero-order valence-corrected chi connectivity index (χ0v) is 17.0. The number of nitrogens with zero attached hydrogens (tertiary/aromatic N) is 1. The quantitative estimate of drug-likeness (QED) is 0.495. The van der Waals surface area contributed by atoms with Crippen molar-refractivity contribution >= 4 is 32.3 Å². The number of ketones is 1. The summed E-state index contributed by atoms with van der Waals surface area (Å²) in [5.41, 5.74) is 8.68. The van der Waals surface area contributed by atoms with Crippen LogP contribution in [0.15, 0.2) is 65.5 Å². The molecule has 4 rings (SSSR count). The summed E-state index contributed by atoms with van der Waals surface area (Å²) in [5.74, 6) is 0.586. The molecule has 2 aromatic carbocycles. The highest BCUT2D eigenvalue weighted by molar-refractivity contribution is 7.22. The van der Waals surface area contributed by atoms with Crippen LogP contribution in [0.2, 0.25) is 0 Å². The summed E-state index contributed by atoms with van der Waals surface area (Å²) in [5, 5.41) is 1.07. The third kappa shape index (κ3) is 3.32. The Kier molecular flexibility index (Phi) is 4.94. The van der Waals surface area contributed by atoms with Gasteiger partial charge >= 0.3 is 0 Å². The molecule has 0 atom stereocenters. The van der Waals surface area contributed by atoms with Crippen LogP contribution in [0.25, 0.3) is 15.9 Å². The third-order valence-corrected chi connectivity index (χ3v) is 5.77. The average molecular weight is 404 g/mol. The van der Waals surface area contributed by atoms with Crippen LogP contribution in [0.1, 0.15) is 28.4 Å². The number of hydrogen-bond acceptors (Lipinski definition) is 5. The smallest absolute Gasteiger partial charge is 0.256 e. The number of ether oxygens (including phenoxy) is 1. The van der Waals surface area contributed by atoms with Crippen LogP contribution in [0.4, 0.5) is 5.00 Å². The monoisotopic (exact) mass is 404 g/mol. The maximum Gasteiger partial charge on any atom is 0.256 e. The lowest BCUT2D eigenvalue weighted by atomic mass is 10.0. The number of rotatable bonds is 5. The molecule has 0 saturated carbocycles. The van der Waals surface area contributed by atoms with Crippen molar-refractivity contribution in [2.45, 2.75) is 13.8 Å². The number of benzene rings is 2. The molecule has 0 radical (unpaired) electrons. The number of carbonyl (C=O) groups excluding carboxylic acids is 1. The molecule has 0 aliphatic rings. The Morgan fingerprint density at radius 3 is 2.55 bits per heavy atom. The molecule has 2 N–H and O–H groups in total. The summed E-state index contributed by atoms with van der Waals surface area (Å²) < 4.78 is 7.16. The summed E-state index contributed by atoms with van der Waals surface area (Å²) in [4.78, 5) is 26.5. The van der Waals surface area contributed by atoms with Gasteiger partial charge < -0.3 is 10.5 Å². The van der Waals surface area contributed by atoms with E-state index in [0.29, 0.717) is 33.0 Å². The minimum atomic E-state index is -0.168. The van der Waals surface area contributed by atoms with Gasteiger partial charge in [0.25, 0.3) is 5.56 Å². The molecule has 2 aromatic heterocycles. The number of nitrogen functional groups attached to an aromatic ring is 1. The molecule has 0 bridgehead atoms. The van der Waals surface area contributed by atoms with E-state index in [0.717, 1.165) is 17.0 Å². The highest BCUT2D eigenvalue weighted by atomic mass is 32.1. The van der Waals surface area contributed by atoms with E-state index in [1.807, 2.05) is 50.2 Å². The topological polar surface area (TPSA) is 74.3 Å². The summed E-state index contributed by atoms with van der Waals surface area (Å²) in [6.07, 6.45) is 0. The number of thiophene rings is 1. The van der Waals surface area contributed by atoms with Crippen molar-refractivity contribution in [3.63, 3.8) is 0 Å². The fraction of sp³-hybridized carbons (Fsp3) is 0.130. The average Bonchev–Trinajstić information content (AvgIpc) is 3.05. The maximum absolute atomic E-state index is 13.3. The Labute approximate surface area is 172 Å². The Balaban J connectivity index is 1.87. The molecule has 4 aromatic rings. The predicted molar refractivity (Wildman–Crippen MR) is 118 cm³/mol. The second kappa shape index (κ2) is 7.56. The van der Waals surface area contributed by atoms with Gasteiger partial charge in [-0.05, 0) is 55.8 Å². The number of nitrogens with two attached hydrogens (primary N) is 1. The lowest BCUT2D eigenvalue weighted by molar-refractivity contribution is 0.104. The predicted octanol–water partition coefficient (Wildman–Crippen LogP) is 4.57. The van der Waals surface area contributed by atoms with E-state index < -0.39 is 0 Å². The molecular formula is C23H20N2O3S. The van der Waals surface area contributed by atoms with E-state index in [2.05, 4.69) is 0 Å². The van der Waals surface area contributed by atoms with Gasteiger partial charge in [0.05, 0.1) is 22.9 Å². The van der Waals surface area contributed by atoms with Crippen LogP contribution < -0.4 is 16.0 Å². The van der Waals surface area contributed by atoms with Crippen LogP contribution in [-0.2, 0) is 0 Å². The van der Waals surface area contributed by atoms with Gasteiger partial charge in [-0.25, -0.2) is 0 Å². The number of pyridine rings is 1. The van der Waals surface area contributed by atoms with Gasteiger partial charge in [-0.2, -0.15) is 0 Å². The highest BCUT2D eigenvalue weighted by Crippen LogP contribution is 2.35. The van der Waals surface area contributed by atoms with Gasteiger partial charge in [-0.3, -0.25) is 14.2 Å². The summed E-state index contributed by atoms with van der Waals surface area (Å²) in [6, 6.07) is 17.8. The zero-order valence-electron chi connectivity index (χ0n) is 16.1. The van der Waals surface area contributed by atoms with E-state index in [4.69, 9.17) is 10.5 Å². The largest absolute Gasteiger partial charge is 0.494 e. The number of hydrogen-bond donors (Lipinski definition) is 1. The van der Waals surface area contributed by atoms with Gasteiger partial charge in [0, 0.05) is 17.0 Å². The van der Waals surface area contributed by atoms with Crippen LogP contribution in [0.3, 0.4) is 0 Å². The van der Waals surface area contributed by atoms with Crippen LogP contribution in [0, 0.1) is 6.92 Å². The molecule has 29 heavy (non-hydrogen) atoms. The molecule has 6 heteroatoms. The molecular weight excluding hydrogens is 384 g/mol. The highest BCUT2D eigenvalue weighted by Gasteiger charge is 2.22. The molecule has 2 heterocycles. The minimum absolute atomic E-state index is 0.166. The van der Waals surface area contributed by atoms with E-state index in [1.165, 1.54) is 17.4 Å². The molecule has 0 fully saturated rings. The maximum atomic E-state index is 13.3. The Morgan fingerprint density at radius 2 is 1.86 bits per heavy atom. The molecule has 0 spiro atoms. The van der Waals surface area contributed by atoms with Gasteiger partial charge in [0.2, 0.25) is 0 Å². The molecule has 0 unspecified atom stereocenters. The summed E-state index contributed by atoms with van der Waals surface area (Å²) in [6.45, 7) is 4.39. The Morgan fingerprint density at radius 1 is 1.10 bits per heavy atom. The first-order valence-corrected chi connectivity index (χ1v) is 10.1. The van der Waals surface area contributed by atoms with Crippen molar-refractivity contribution in [1.29, 1.82) is 0 Å². The molecule has 0 aliphatic carbocycles. The lowest BCUT2D eigenvalue weighted by Crippen LogP contribution is -2.16. The second-order valence-electron chi connectivity index (χ2n) is 6.65. The number of carbonyl (C=O) groups is 1. The van der Waals surface area contributed by atoms with Crippen molar-refractivity contribution in [2.75, 3.05) is 12.3 Å². The standard InChI is InChI=1S/C23H20N2O3S/c1-3-28-18-11-9-15(13-14(18)2)21(27)20-17-10-12-19(26)25(23(17)29-22(20)24)16-7-5-4-6-8-16/h4-13H,3,24H2,1-2H3. The first kappa shape index (κ1) is 19.0. The number of aryl methyl sites for hydroxylation is 1. The molecule has 0 amide bonds. The van der Waals surface area contributed by atoms with Gasteiger partial charge in [0.1, 0.15) is 10.6 Å². The molecule has 146 valence electrons. The van der Waals surface area contributed by atoms with Crippen molar-refractivity contribution < 1.29 is 9.53 Å². The van der Waals surface area contributed by atoms with Crippen LogP contribution in [-0.4, -0.2) is 17.0 Å². The third-order valence-electron chi connectivity index (χ3n) is 4.75. The minimum Gasteiger partial charge on any atom is -0.494 e. The first-order valence-electron chi connectivity index (χ1n) is 9.29. The van der Waals surface area contributed by atoms with Gasteiger partial charge in [-0.1, -0.05) is 29.5 Å². The van der Waals surface area contributed by atoms with Gasteiger partial charge in [0.15, 0.2) is 5.78 Å². The zero-order chi connectivity index (χ0) is 20.5. The SMILES string of the molecule is CCOc1ccc(C(=O)c2c(N)sc3c2ccc(=O)n3-c2ccccc2)cc1C. The number of fused-ring (bicyclic) bond motifs is 1. The number of aromatic nitrogens is 1. The van der Waals surface area contributed by atoms with Crippen LogP contribution >= 0.6 is 11.3 Å². The van der Waals surface area contributed by atoms with E-state index >= 15 is 0 Å². The number of anilines is 1. The molecule has 0 saturated heterocycles. The van der Waals surface area contributed by atoms with Crippen molar-refractivity contribution in [1.82, 2.24) is 4.57 Å². The van der Waals surface area contributed by atoms with E-state index in [-0.39, 0.29) is 11.3 Å². The summed E-state index contributed by atoms with van der Waals surface area (Å²) in [7, 11) is 0. The fourth-order valence-corrected chi connectivity index (χ4v) is 4.49. The molecule has 0 aliphatic heterocycles. The second-order valence-corrected chi connectivity index (χ2v) is 7.68. The van der Waals surface area contributed by atoms with Gasteiger partial charge in [-0.15, -0.1) is 0 Å². The van der Waals surface area contributed by atoms with Crippen molar-refractivity contribution in [2.24, 2.45) is 0 Å². The number of para-hydroxylation sites is 1. The van der Waals surface area contributed by atoms with E-state index in [1.54, 1.807) is 22.8 Å².